The first kappa shape index (κ1) is 8.76. The molecule has 52 valence electrons. The van der Waals surface area contributed by atoms with E-state index in [1.165, 1.54) is 0 Å². The Morgan fingerprint density at radius 1 is 1.67 bits per heavy atom. The van der Waals surface area contributed by atoms with Crippen molar-refractivity contribution < 1.29 is 4.79 Å². The fourth-order valence-corrected chi connectivity index (χ4v) is 0.631. The monoisotopic (exact) mass is 144 g/mol. The molecule has 0 aromatic heterocycles. The maximum absolute atomic E-state index is 9.95. The number of unbranched alkanes of at least 4 members (excludes halogenated alkanes) is 2. The zero-order valence-corrected chi connectivity index (χ0v) is 6.53. The van der Waals surface area contributed by atoms with Gasteiger partial charge in [0.2, 0.25) is 0 Å². The zero-order chi connectivity index (χ0) is 7.11. The summed E-state index contributed by atoms with van der Waals surface area (Å²) in [5.74, 6) is 0. The summed E-state index contributed by atoms with van der Waals surface area (Å²) >= 11 is 3.90. The normalized spacial score (nSPS) is 11.6. The van der Waals surface area contributed by atoms with Crippen LogP contribution in [0.15, 0.2) is 11.0 Å². The molecule has 1 nitrogen and oxygen atoms in total. The molecule has 0 amide bonds. The number of thiol groups is 1. The molecule has 0 aromatic rings. The third-order valence-corrected chi connectivity index (χ3v) is 1.32. The summed E-state index contributed by atoms with van der Waals surface area (Å²) in [7, 11) is 0. The molecule has 0 fully saturated rings. The number of carbonyl (C=O) groups is 1. The highest BCUT2D eigenvalue weighted by Gasteiger charge is 1.83. The molecule has 0 aliphatic carbocycles. The molecule has 0 aliphatic rings. The van der Waals surface area contributed by atoms with E-state index in [1.807, 2.05) is 6.08 Å². The Morgan fingerprint density at radius 2 is 2.33 bits per heavy atom. The van der Waals surface area contributed by atoms with Gasteiger partial charge in [-0.2, -0.15) is 0 Å². The van der Waals surface area contributed by atoms with Gasteiger partial charge in [0.25, 0.3) is 0 Å². The summed E-state index contributed by atoms with van der Waals surface area (Å²) in [6, 6.07) is 0. The van der Waals surface area contributed by atoms with E-state index in [0.29, 0.717) is 4.91 Å². The maximum Gasteiger partial charge on any atom is 0.155 e. The van der Waals surface area contributed by atoms with Crippen LogP contribution in [0.5, 0.6) is 0 Å². The first-order valence-electron chi connectivity index (χ1n) is 3.15. The number of aldehydes is 1. The molecule has 0 saturated carbocycles. The number of rotatable bonds is 4. The van der Waals surface area contributed by atoms with Crippen LogP contribution in [0.4, 0.5) is 0 Å². The lowest BCUT2D eigenvalue weighted by Gasteiger charge is -1.87. The van der Waals surface area contributed by atoms with Crippen LogP contribution in [0.1, 0.15) is 26.2 Å². The number of hydrogen-bond donors (Lipinski definition) is 1. The minimum Gasteiger partial charge on any atom is -0.297 e. The zero-order valence-electron chi connectivity index (χ0n) is 5.63. The standard InChI is InChI=1S/C7H12OS/c1-2-3-4-5-7(9)6-8/h5-6,9H,2-4H2,1H3/b7-5-. The highest BCUT2D eigenvalue weighted by molar-refractivity contribution is 7.85. The van der Waals surface area contributed by atoms with Gasteiger partial charge in [0.1, 0.15) is 0 Å². The van der Waals surface area contributed by atoms with Crippen LogP contribution in [-0.2, 0) is 4.79 Å². The van der Waals surface area contributed by atoms with E-state index >= 15 is 0 Å². The summed E-state index contributed by atoms with van der Waals surface area (Å²) in [6.07, 6.45) is 5.88. The summed E-state index contributed by atoms with van der Waals surface area (Å²) < 4.78 is 0. The number of allylic oxidation sites excluding steroid dienone is 2. The number of carbonyl (C=O) groups excluding carboxylic acids is 1. The Bertz CT molecular complexity index is 107. The summed E-state index contributed by atoms with van der Waals surface area (Å²) in [5, 5.41) is 0. The van der Waals surface area contributed by atoms with Gasteiger partial charge in [0.05, 0.1) is 0 Å². The smallest absolute Gasteiger partial charge is 0.155 e. The lowest BCUT2D eigenvalue weighted by atomic mass is 10.2. The van der Waals surface area contributed by atoms with Crippen LogP contribution in [0, 0.1) is 0 Å². The lowest BCUT2D eigenvalue weighted by molar-refractivity contribution is -0.104. The molecule has 2 heteroatoms. The van der Waals surface area contributed by atoms with Crippen LogP contribution in [0.3, 0.4) is 0 Å². The molecule has 0 aliphatic heterocycles. The molecule has 0 bridgehead atoms. The van der Waals surface area contributed by atoms with Crippen molar-refractivity contribution in [2.45, 2.75) is 26.2 Å². The molecule has 0 heterocycles. The second kappa shape index (κ2) is 5.89. The van der Waals surface area contributed by atoms with Crippen molar-refractivity contribution in [1.82, 2.24) is 0 Å². The van der Waals surface area contributed by atoms with Crippen LogP contribution >= 0.6 is 12.6 Å². The third-order valence-electron chi connectivity index (χ3n) is 1.03. The van der Waals surface area contributed by atoms with Crippen molar-refractivity contribution in [3.63, 3.8) is 0 Å². The van der Waals surface area contributed by atoms with Gasteiger partial charge < -0.3 is 0 Å². The Labute approximate surface area is 61.6 Å². The first-order valence-corrected chi connectivity index (χ1v) is 3.60. The van der Waals surface area contributed by atoms with Crippen molar-refractivity contribution in [3.05, 3.63) is 11.0 Å². The van der Waals surface area contributed by atoms with Gasteiger partial charge >= 0.3 is 0 Å². The summed E-state index contributed by atoms with van der Waals surface area (Å²) in [6.45, 7) is 2.12. The van der Waals surface area contributed by atoms with Crippen molar-refractivity contribution in [1.29, 1.82) is 0 Å². The fourth-order valence-electron chi connectivity index (χ4n) is 0.502. The van der Waals surface area contributed by atoms with E-state index in [0.717, 1.165) is 25.5 Å². The average Bonchev–Trinajstić information content (AvgIpc) is 1.89. The number of hydrogen-bond acceptors (Lipinski definition) is 2. The molecule has 0 aromatic carbocycles. The van der Waals surface area contributed by atoms with E-state index < -0.39 is 0 Å². The highest BCUT2D eigenvalue weighted by atomic mass is 32.1. The SMILES string of the molecule is CCCC/C=C(\S)C=O. The van der Waals surface area contributed by atoms with E-state index in [-0.39, 0.29) is 0 Å². The second-order valence-corrected chi connectivity index (χ2v) is 2.41. The Morgan fingerprint density at radius 3 is 2.78 bits per heavy atom. The molecule has 0 spiro atoms. The molecule has 0 rings (SSSR count). The van der Waals surface area contributed by atoms with Gasteiger partial charge in [-0.25, -0.2) is 0 Å². The summed E-state index contributed by atoms with van der Waals surface area (Å²) in [5.41, 5.74) is 0. The minimum absolute atomic E-state index is 0.545. The van der Waals surface area contributed by atoms with Crippen LogP contribution < -0.4 is 0 Å². The van der Waals surface area contributed by atoms with Crippen molar-refractivity contribution in [2.24, 2.45) is 0 Å². The fraction of sp³-hybridized carbons (Fsp3) is 0.571. The molecule has 9 heavy (non-hydrogen) atoms. The predicted octanol–water partition coefficient (Wildman–Crippen LogP) is 2.19. The minimum atomic E-state index is 0.545. The molecule has 0 saturated heterocycles. The van der Waals surface area contributed by atoms with Gasteiger partial charge in [-0.3, -0.25) is 4.79 Å². The van der Waals surface area contributed by atoms with E-state index in [2.05, 4.69) is 19.6 Å². The molecule has 0 atom stereocenters. The largest absolute Gasteiger partial charge is 0.297 e. The van der Waals surface area contributed by atoms with Gasteiger partial charge in [-0.05, 0) is 6.42 Å². The second-order valence-electron chi connectivity index (χ2n) is 1.89. The molecular weight excluding hydrogens is 132 g/mol. The maximum atomic E-state index is 9.95. The van der Waals surface area contributed by atoms with Crippen molar-refractivity contribution in [2.75, 3.05) is 0 Å². The van der Waals surface area contributed by atoms with Gasteiger partial charge in [0.15, 0.2) is 6.29 Å². The van der Waals surface area contributed by atoms with E-state index in [4.69, 9.17) is 0 Å². The predicted molar refractivity (Wildman–Crippen MR) is 42.7 cm³/mol. The molecule has 0 N–H and O–H groups in total. The van der Waals surface area contributed by atoms with Crippen molar-refractivity contribution in [3.8, 4) is 0 Å². The first-order chi connectivity index (χ1) is 4.31. The Hall–Kier alpha value is -0.240. The molecule has 0 unspecified atom stereocenters. The Balaban J connectivity index is 3.31. The summed E-state index contributed by atoms with van der Waals surface area (Å²) in [4.78, 5) is 10.5. The molecule has 0 radical (unpaired) electrons. The average molecular weight is 144 g/mol. The Kier molecular flexibility index (Phi) is 5.73. The van der Waals surface area contributed by atoms with Gasteiger partial charge in [0, 0.05) is 4.91 Å². The van der Waals surface area contributed by atoms with Crippen LogP contribution in [-0.4, -0.2) is 6.29 Å². The van der Waals surface area contributed by atoms with Gasteiger partial charge in [-0.1, -0.05) is 25.8 Å². The third kappa shape index (κ3) is 5.63. The van der Waals surface area contributed by atoms with E-state index in [9.17, 15) is 4.79 Å². The lowest BCUT2D eigenvalue weighted by Crippen LogP contribution is -1.73. The highest BCUT2D eigenvalue weighted by Crippen LogP contribution is 2.01. The quantitative estimate of drug-likeness (QED) is 0.277. The van der Waals surface area contributed by atoms with E-state index in [1.54, 1.807) is 0 Å². The molecular formula is C7H12OS. The van der Waals surface area contributed by atoms with Gasteiger partial charge in [-0.15, -0.1) is 12.6 Å². The topological polar surface area (TPSA) is 17.1 Å². The van der Waals surface area contributed by atoms with Crippen molar-refractivity contribution >= 4 is 18.9 Å². The van der Waals surface area contributed by atoms with Crippen LogP contribution in [0.2, 0.25) is 0 Å². The van der Waals surface area contributed by atoms with Crippen LogP contribution in [0.25, 0.3) is 0 Å².